The average Bonchev–Trinajstić information content (AvgIpc) is 2.14. The van der Waals surface area contributed by atoms with E-state index in [0.717, 1.165) is 0 Å². The first-order chi connectivity index (χ1) is 6.82. The molecule has 15 heavy (non-hydrogen) atoms. The van der Waals surface area contributed by atoms with E-state index in [9.17, 15) is 9.59 Å². The van der Waals surface area contributed by atoms with E-state index in [-0.39, 0.29) is 0 Å². The molecule has 0 aromatic heterocycles. The van der Waals surface area contributed by atoms with Gasteiger partial charge in [0.05, 0.1) is 0 Å². The number of carboxylic acids is 2. The van der Waals surface area contributed by atoms with Gasteiger partial charge in [-0.1, -0.05) is 0 Å². The molecule has 8 N–H and O–H groups in total. The monoisotopic (exact) mass is 221 g/mol. The summed E-state index contributed by atoms with van der Waals surface area (Å²) in [7, 11) is 0. The Labute approximate surface area is 88.2 Å². The Hall–Kier alpha value is -1.18. The molecule has 0 aromatic carbocycles. The minimum Gasteiger partial charge on any atom is -0.480 e. The Bertz CT molecular complexity index is 196. The molecule has 2 unspecified atom stereocenters. The highest BCUT2D eigenvalue weighted by molar-refractivity contribution is 5.73. The van der Waals surface area contributed by atoms with Crippen molar-refractivity contribution in [3.8, 4) is 0 Å². The van der Waals surface area contributed by atoms with E-state index in [0.29, 0.717) is 19.4 Å². The highest BCUT2D eigenvalue weighted by Crippen LogP contribution is 1.91. The number of nitrogens with two attached hydrogens (primary N) is 3. The van der Waals surface area contributed by atoms with Gasteiger partial charge in [0.2, 0.25) is 0 Å². The van der Waals surface area contributed by atoms with Gasteiger partial charge in [0.25, 0.3) is 0 Å². The lowest BCUT2D eigenvalue weighted by molar-refractivity contribution is -0.139. The Morgan fingerprint density at radius 3 is 1.80 bits per heavy atom. The Morgan fingerprint density at radius 1 is 1.20 bits per heavy atom. The predicted molar refractivity (Wildman–Crippen MR) is 55.2 cm³/mol. The zero-order chi connectivity index (χ0) is 12.4. The van der Waals surface area contributed by atoms with Gasteiger partial charge in [0.15, 0.2) is 0 Å². The number of carboxylic acid groups (broad SMARTS) is 2. The molecule has 0 saturated heterocycles. The van der Waals surface area contributed by atoms with Crippen molar-refractivity contribution in [1.29, 1.82) is 0 Å². The molecule has 0 saturated carbocycles. The second-order valence-corrected chi connectivity index (χ2v) is 3.00. The fourth-order valence-electron chi connectivity index (χ4n) is 0.461. The highest BCUT2D eigenvalue weighted by Gasteiger charge is 2.08. The van der Waals surface area contributed by atoms with E-state index in [1.54, 1.807) is 0 Å². The molecule has 0 rings (SSSR count). The van der Waals surface area contributed by atoms with E-state index in [1.165, 1.54) is 6.92 Å². The molecule has 0 heterocycles. The van der Waals surface area contributed by atoms with Crippen LogP contribution in [0.25, 0.3) is 0 Å². The predicted octanol–water partition coefficient (Wildman–Crippen LogP) is -1.44. The van der Waals surface area contributed by atoms with Crippen LogP contribution in [0.5, 0.6) is 0 Å². The van der Waals surface area contributed by atoms with Crippen molar-refractivity contribution < 1.29 is 19.8 Å². The minimum absolute atomic E-state index is 0.464. The maximum absolute atomic E-state index is 10.0. The number of rotatable bonds is 5. The van der Waals surface area contributed by atoms with Crippen LogP contribution < -0.4 is 17.2 Å². The molecule has 0 amide bonds. The molecule has 90 valence electrons. The van der Waals surface area contributed by atoms with Crippen molar-refractivity contribution in [1.82, 2.24) is 0 Å². The van der Waals surface area contributed by atoms with Crippen LogP contribution in [-0.4, -0.2) is 40.8 Å². The van der Waals surface area contributed by atoms with Crippen molar-refractivity contribution >= 4 is 11.9 Å². The van der Waals surface area contributed by atoms with E-state index >= 15 is 0 Å². The molecule has 0 spiro atoms. The Balaban J connectivity index is 0. The van der Waals surface area contributed by atoms with Crippen LogP contribution in [0.15, 0.2) is 0 Å². The van der Waals surface area contributed by atoms with Crippen molar-refractivity contribution in [2.75, 3.05) is 6.54 Å². The lowest BCUT2D eigenvalue weighted by Gasteiger charge is -2.02. The first-order valence-corrected chi connectivity index (χ1v) is 4.49. The molecule has 7 heteroatoms. The quantitative estimate of drug-likeness (QED) is 0.381. The van der Waals surface area contributed by atoms with Gasteiger partial charge < -0.3 is 27.4 Å². The van der Waals surface area contributed by atoms with Gasteiger partial charge in [-0.15, -0.1) is 0 Å². The fourth-order valence-corrected chi connectivity index (χ4v) is 0.461. The zero-order valence-corrected chi connectivity index (χ0v) is 8.72. The summed E-state index contributed by atoms with van der Waals surface area (Å²) in [6.45, 7) is 1.92. The van der Waals surface area contributed by atoms with E-state index in [2.05, 4.69) is 0 Å². The largest absolute Gasteiger partial charge is 0.480 e. The van der Waals surface area contributed by atoms with Gasteiger partial charge in [-0.25, -0.2) is 0 Å². The third-order valence-corrected chi connectivity index (χ3v) is 1.43. The molecule has 2 atom stereocenters. The topological polar surface area (TPSA) is 153 Å². The van der Waals surface area contributed by atoms with Crippen LogP contribution in [0, 0.1) is 0 Å². The molecule has 0 aliphatic heterocycles. The number of hydrogen-bond donors (Lipinski definition) is 5. The molecule has 0 aliphatic carbocycles. The lowest BCUT2D eigenvalue weighted by Crippen LogP contribution is -2.30. The van der Waals surface area contributed by atoms with Crippen LogP contribution in [0.1, 0.15) is 19.8 Å². The van der Waals surface area contributed by atoms with Crippen molar-refractivity contribution in [2.45, 2.75) is 31.8 Å². The summed E-state index contributed by atoms with van der Waals surface area (Å²) in [5, 5.41) is 16.1. The molecule has 0 aromatic rings. The van der Waals surface area contributed by atoms with E-state index in [4.69, 9.17) is 27.4 Å². The van der Waals surface area contributed by atoms with E-state index < -0.39 is 24.0 Å². The van der Waals surface area contributed by atoms with Crippen LogP contribution in [0.4, 0.5) is 0 Å². The van der Waals surface area contributed by atoms with Gasteiger partial charge >= 0.3 is 11.9 Å². The van der Waals surface area contributed by atoms with Gasteiger partial charge in [-0.3, -0.25) is 9.59 Å². The highest BCUT2D eigenvalue weighted by atomic mass is 16.4. The van der Waals surface area contributed by atoms with Gasteiger partial charge in [-0.05, 0) is 26.3 Å². The van der Waals surface area contributed by atoms with Crippen molar-refractivity contribution in [3.05, 3.63) is 0 Å². The smallest absolute Gasteiger partial charge is 0.320 e. The summed E-state index contributed by atoms with van der Waals surface area (Å²) in [6.07, 6.45) is 1.14. The average molecular weight is 221 g/mol. The molecular weight excluding hydrogens is 202 g/mol. The zero-order valence-electron chi connectivity index (χ0n) is 8.72. The molecule has 0 radical (unpaired) electrons. The summed E-state index contributed by atoms with van der Waals surface area (Å²) in [5.74, 6) is -1.92. The Morgan fingerprint density at radius 2 is 1.60 bits per heavy atom. The van der Waals surface area contributed by atoms with Crippen LogP contribution in [-0.2, 0) is 9.59 Å². The summed E-state index contributed by atoms with van der Waals surface area (Å²) in [6, 6.07) is -1.47. The SMILES string of the molecule is CC(N)C(=O)O.NCCCC(N)C(=O)O. The number of hydrogen-bond acceptors (Lipinski definition) is 5. The lowest BCUT2D eigenvalue weighted by atomic mass is 10.2. The van der Waals surface area contributed by atoms with Gasteiger partial charge in [0, 0.05) is 0 Å². The van der Waals surface area contributed by atoms with Crippen molar-refractivity contribution in [3.63, 3.8) is 0 Å². The van der Waals surface area contributed by atoms with Crippen LogP contribution >= 0.6 is 0 Å². The van der Waals surface area contributed by atoms with Gasteiger partial charge in [-0.2, -0.15) is 0 Å². The summed E-state index contributed by atoms with van der Waals surface area (Å²) >= 11 is 0. The van der Waals surface area contributed by atoms with Crippen molar-refractivity contribution in [2.24, 2.45) is 17.2 Å². The first-order valence-electron chi connectivity index (χ1n) is 4.49. The molecule has 0 aliphatic rings. The van der Waals surface area contributed by atoms with Gasteiger partial charge in [0.1, 0.15) is 12.1 Å². The Kier molecular flexibility index (Phi) is 10.2. The molecular formula is C8H19N3O4. The first kappa shape index (κ1) is 16.3. The summed E-state index contributed by atoms with van der Waals surface area (Å²) in [5.41, 5.74) is 15.1. The fraction of sp³-hybridized carbons (Fsp3) is 0.750. The van der Waals surface area contributed by atoms with Crippen LogP contribution in [0.3, 0.4) is 0 Å². The molecule has 0 fully saturated rings. The number of aliphatic carboxylic acids is 2. The third-order valence-electron chi connectivity index (χ3n) is 1.43. The van der Waals surface area contributed by atoms with E-state index in [1.807, 2.05) is 0 Å². The number of carbonyl (C=O) groups is 2. The summed E-state index contributed by atoms with van der Waals surface area (Å²) in [4.78, 5) is 19.6. The van der Waals surface area contributed by atoms with Crippen LogP contribution in [0.2, 0.25) is 0 Å². The second-order valence-electron chi connectivity index (χ2n) is 3.00. The molecule has 7 nitrogen and oxygen atoms in total. The summed E-state index contributed by atoms with van der Waals surface area (Å²) < 4.78 is 0. The maximum atomic E-state index is 10.0. The minimum atomic E-state index is -0.963. The maximum Gasteiger partial charge on any atom is 0.320 e. The standard InChI is InChI=1S/C5H12N2O2.C3H7NO2/c6-3-1-2-4(7)5(8)9;1-2(4)3(5)6/h4H,1-3,6-7H2,(H,8,9);2H,4H2,1H3,(H,5,6). The normalized spacial score (nSPS) is 13.3. The third kappa shape index (κ3) is 12.8. The second kappa shape index (κ2) is 9.38. The molecule has 0 bridgehead atoms.